The van der Waals surface area contributed by atoms with Crippen LogP contribution in [0.2, 0.25) is 18.1 Å². The molecule has 5 heteroatoms. The predicted molar refractivity (Wildman–Crippen MR) is 86.5 cm³/mol. The van der Waals surface area contributed by atoms with Crippen LogP contribution in [0, 0.1) is 0 Å². The number of carbonyl (C=O) groups is 1. The van der Waals surface area contributed by atoms with Crippen molar-refractivity contribution in [1.82, 2.24) is 0 Å². The first-order valence-electron chi connectivity index (χ1n) is 6.28. The van der Waals surface area contributed by atoms with Crippen molar-refractivity contribution < 1.29 is 14.0 Å². The first-order chi connectivity index (χ1) is 8.12. The van der Waals surface area contributed by atoms with Crippen LogP contribution in [0.15, 0.2) is 9.66 Å². The average Bonchev–Trinajstić information content (AvgIpc) is 2.22. The van der Waals surface area contributed by atoms with Gasteiger partial charge in [-0.15, -0.1) is 0 Å². The van der Waals surface area contributed by atoms with Gasteiger partial charge in [0.15, 0.2) is 8.32 Å². The molecule has 18 heavy (non-hydrogen) atoms. The third-order valence-electron chi connectivity index (χ3n) is 3.18. The summed E-state index contributed by atoms with van der Waals surface area (Å²) in [6.07, 6.45) is 2.63. The molecule has 3 nitrogen and oxygen atoms in total. The summed E-state index contributed by atoms with van der Waals surface area (Å²) in [6, 6.07) is 0. The van der Waals surface area contributed by atoms with Gasteiger partial charge in [0.1, 0.15) is 0 Å². The van der Waals surface area contributed by atoms with Crippen molar-refractivity contribution in [1.29, 1.82) is 0 Å². The normalized spacial score (nSPS) is 13.6. The lowest BCUT2D eigenvalue weighted by molar-refractivity contribution is -0.137. The van der Waals surface area contributed by atoms with Gasteiger partial charge >= 0.3 is 5.97 Å². The minimum Gasteiger partial charge on any atom is -0.462 e. The molecule has 106 valence electrons. The van der Waals surface area contributed by atoms with Crippen molar-refractivity contribution >= 4 is 36.9 Å². The molecule has 0 atom stereocenters. The first kappa shape index (κ1) is 18.1. The summed E-state index contributed by atoms with van der Waals surface area (Å²) in [5.74, 6) is -0.245. The van der Waals surface area contributed by atoms with Crippen molar-refractivity contribution in [2.75, 3.05) is 13.2 Å². The van der Waals surface area contributed by atoms with Gasteiger partial charge in [-0.2, -0.15) is 0 Å². The Kier molecular flexibility index (Phi) is 7.69. The SMILES string of the molecule is CCOC(=O)/C(I)=C/CCO[Si](C)(C)C(C)(C)C. The van der Waals surface area contributed by atoms with E-state index >= 15 is 0 Å². The number of rotatable bonds is 6. The molecular formula is C13H25IO3Si. The number of hydrogen-bond acceptors (Lipinski definition) is 3. The van der Waals surface area contributed by atoms with Crippen molar-refractivity contribution in [3.63, 3.8) is 0 Å². The molecular weight excluding hydrogens is 359 g/mol. The summed E-state index contributed by atoms with van der Waals surface area (Å²) < 4.78 is 11.6. The molecule has 0 N–H and O–H groups in total. The minimum atomic E-state index is -1.67. The Morgan fingerprint density at radius 1 is 1.33 bits per heavy atom. The van der Waals surface area contributed by atoms with Gasteiger partial charge in [-0.3, -0.25) is 0 Å². The van der Waals surface area contributed by atoms with Crippen molar-refractivity contribution in [2.24, 2.45) is 0 Å². The summed E-state index contributed by atoms with van der Waals surface area (Å²) in [5.41, 5.74) is 0. The van der Waals surface area contributed by atoms with E-state index in [0.717, 1.165) is 6.42 Å². The fraction of sp³-hybridized carbons (Fsp3) is 0.769. The number of hydrogen-bond donors (Lipinski definition) is 0. The van der Waals surface area contributed by atoms with Crippen LogP contribution in [0.1, 0.15) is 34.1 Å². The highest BCUT2D eigenvalue weighted by Crippen LogP contribution is 2.36. The van der Waals surface area contributed by atoms with Crippen molar-refractivity contribution in [2.45, 2.75) is 52.2 Å². The van der Waals surface area contributed by atoms with Gasteiger partial charge in [-0.05, 0) is 54.1 Å². The van der Waals surface area contributed by atoms with Gasteiger partial charge in [0.2, 0.25) is 0 Å². The second-order valence-electron chi connectivity index (χ2n) is 5.67. The largest absolute Gasteiger partial charge is 0.462 e. The van der Waals surface area contributed by atoms with E-state index in [9.17, 15) is 4.79 Å². The Morgan fingerprint density at radius 3 is 2.33 bits per heavy atom. The highest BCUT2D eigenvalue weighted by atomic mass is 127. The van der Waals surface area contributed by atoms with Crippen LogP contribution in [0.25, 0.3) is 0 Å². The molecule has 0 aromatic heterocycles. The molecule has 0 spiro atoms. The molecule has 0 aromatic carbocycles. The molecule has 0 aliphatic heterocycles. The lowest BCUT2D eigenvalue weighted by Gasteiger charge is -2.36. The Morgan fingerprint density at radius 2 is 1.89 bits per heavy atom. The monoisotopic (exact) mass is 384 g/mol. The maximum atomic E-state index is 11.4. The molecule has 0 saturated heterocycles. The topological polar surface area (TPSA) is 35.5 Å². The van der Waals surface area contributed by atoms with Crippen molar-refractivity contribution in [3.8, 4) is 0 Å². The first-order valence-corrected chi connectivity index (χ1v) is 10.3. The van der Waals surface area contributed by atoms with Gasteiger partial charge in [0.25, 0.3) is 0 Å². The number of esters is 1. The fourth-order valence-electron chi connectivity index (χ4n) is 1.000. The van der Waals surface area contributed by atoms with Crippen molar-refractivity contribution in [3.05, 3.63) is 9.66 Å². The Bertz CT molecular complexity index is 306. The third-order valence-corrected chi connectivity index (χ3v) is 8.60. The summed E-state index contributed by atoms with van der Waals surface area (Å²) in [6.45, 7) is 14.0. The maximum Gasteiger partial charge on any atom is 0.344 e. The molecule has 0 saturated carbocycles. The second kappa shape index (κ2) is 7.64. The molecule has 0 fully saturated rings. The van der Waals surface area contributed by atoms with E-state index < -0.39 is 8.32 Å². The Labute approximate surface area is 126 Å². The van der Waals surface area contributed by atoms with E-state index in [-0.39, 0.29) is 11.0 Å². The van der Waals surface area contributed by atoms with Crippen LogP contribution in [-0.4, -0.2) is 27.5 Å². The summed E-state index contributed by atoms with van der Waals surface area (Å²) in [5, 5.41) is 0.227. The molecule has 0 radical (unpaired) electrons. The number of carbonyl (C=O) groups excluding carboxylic acids is 1. The second-order valence-corrected chi connectivity index (χ2v) is 11.6. The summed E-state index contributed by atoms with van der Waals surface area (Å²) in [7, 11) is -1.67. The molecule has 0 bridgehead atoms. The van der Waals surface area contributed by atoms with Crippen LogP contribution < -0.4 is 0 Å². The molecule has 0 heterocycles. The third kappa shape index (κ3) is 6.33. The predicted octanol–water partition coefficient (Wildman–Crippen LogP) is 4.28. The Balaban J connectivity index is 4.14. The van der Waals surface area contributed by atoms with Crippen LogP contribution in [-0.2, 0) is 14.0 Å². The minimum absolute atomic E-state index is 0.227. The quantitative estimate of drug-likeness (QED) is 0.225. The van der Waals surface area contributed by atoms with E-state index in [1.54, 1.807) is 0 Å². The molecule has 0 unspecified atom stereocenters. The van der Waals surface area contributed by atoms with Gasteiger partial charge in [-0.1, -0.05) is 26.8 Å². The Hall–Kier alpha value is 0.117. The molecule has 0 aliphatic carbocycles. The summed E-state index contributed by atoms with van der Waals surface area (Å²) >= 11 is 2.01. The fourth-order valence-corrected chi connectivity index (χ4v) is 2.53. The molecule has 0 rings (SSSR count). The standard InChI is InChI=1S/C13H25IO3Si/c1-7-16-12(15)11(14)9-8-10-17-18(5,6)13(2,3)4/h9H,7-8,10H2,1-6H3/b11-9-. The van der Waals surface area contributed by atoms with E-state index in [1.165, 1.54) is 0 Å². The average molecular weight is 384 g/mol. The van der Waals surface area contributed by atoms with E-state index in [1.807, 2.05) is 35.6 Å². The van der Waals surface area contributed by atoms with E-state index in [0.29, 0.717) is 16.8 Å². The van der Waals surface area contributed by atoms with Crippen LogP contribution >= 0.6 is 22.6 Å². The lowest BCUT2D eigenvalue weighted by Crippen LogP contribution is -2.40. The molecule has 0 amide bonds. The zero-order valence-electron chi connectivity index (χ0n) is 12.3. The lowest BCUT2D eigenvalue weighted by atomic mass is 10.2. The molecule has 0 aliphatic rings. The summed E-state index contributed by atoms with van der Waals surface area (Å²) in [4.78, 5) is 11.4. The van der Waals surface area contributed by atoms with Gasteiger partial charge in [-0.25, -0.2) is 4.79 Å². The van der Waals surface area contributed by atoms with E-state index in [2.05, 4.69) is 33.9 Å². The highest BCUT2D eigenvalue weighted by molar-refractivity contribution is 14.1. The number of ether oxygens (including phenoxy) is 1. The smallest absolute Gasteiger partial charge is 0.344 e. The zero-order chi connectivity index (χ0) is 14.4. The highest BCUT2D eigenvalue weighted by Gasteiger charge is 2.36. The molecule has 0 aromatic rings. The van der Waals surface area contributed by atoms with Crippen LogP contribution in [0.4, 0.5) is 0 Å². The van der Waals surface area contributed by atoms with Crippen LogP contribution in [0.3, 0.4) is 0 Å². The van der Waals surface area contributed by atoms with Gasteiger partial charge in [0.05, 0.1) is 10.2 Å². The van der Waals surface area contributed by atoms with Gasteiger partial charge < -0.3 is 9.16 Å². The van der Waals surface area contributed by atoms with Crippen LogP contribution in [0.5, 0.6) is 0 Å². The zero-order valence-corrected chi connectivity index (χ0v) is 15.5. The number of halogens is 1. The maximum absolute atomic E-state index is 11.4. The van der Waals surface area contributed by atoms with E-state index in [4.69, 9.17) is 9.16 Å². The van der Waals surface area contributed by atoms with Gasteiger partial charge in [0, 0.05) is 6.61 Å².